The number of halogens is 4. The molecule has 0 spiro atoms. The molecule has 114 valence electrons. The van der Waals surface area contributed by atoms with Gasteiger partial charge in [-0.1, -0.05) is 13.0 Å². The lowest BCUT2D eigenvalue weighted by molar-refractivity contribution is -0.0436. The van der Waals surface area contributed by atoms with Crippen molar-refractivity contribution in [2.24, 2.45) is 0 Å². The minimum atomic E-state index is -5.58. The molecule has 2 unspecified atom stereocenters. The Bertz CT molecular complexity index is 584. The average molecular weight is 313 g/mol. The third-order valence-corrected chi connectivity index (χ3v) is 4.81. The van der Waals surface area contributed by atoms with E-state index in [2.05, 4.69) is 5.32 Å². The summed E-state index contributed by atoms with van der Waals surface area (Å²) in [6, 6.07) is 2.16. The average Bonchev–Trinajstić information content (AvgIpc) is 2.35. The summed E-state index contributed by atoms with van der Waals surface area (Å²) in [4.78, 5) is -1.03. The van der Waals surface area contributed by atoms with Crippen LogP contribution >= 0.6 is 0 Å². The first-order valence-electron chi connectivity index (χ1n) is 5.80. The minimum Gasteiger partial charge on any atom is -0.317 e. The molecule has 0 aliphatic rings. The van der Waals surface area contributed by atoms with Gasteiger partial charge in [0, 0.05) is 6.04 Å². The van der Waals surface area contributed by atoms with Crippen LogP contribution in [0.5, 0.6) is 0 Å². The predicted octanol–water partition coefficient (Wildman–Crippen LogP) is 2.83. The van der Waals surface area contributed by atoms with Crippen LogP contribution in [0, 0.1) is 5.82 Å². The summed E-state index contributed by atoms with van der Waals surface area (Å²) in [7, 11) is -3.98. The molecule has 1 aromatic carbocycles. The first-order valence-corrected chi connectivity index (χ1v) is 7.28. The Morgan fingerprint density at radius 3 is 2.20 bits per heavy atom. The smallest absolute Gasteiger partial charge is 0.317 e. The van der Waals surface area contributed by atoms with Gasteiger partial charge in [-0.05, 0) is 37.6 Å². The van der Waals surface area contributed by atoms with E-state index in [4.69, 9.17) is 0 Å². The molecule has 0 heterocycles. The SMILES string of the molecule is CNC(C)C(C)c1ccc(F)cc1S(=O)(=O)C(F)(F)F. The maximum Gasteiger partial charge on any atom is 0.501 e. The molecule has 2 atom stereocenters. The molecule has 3 nitrogen and oxygen atoms in total. The van der Waals surface area contributed by atoms with Gasteiger partial charge in [0.15, 0.2) is 0 Å². The quantitative estimate of drug-likeness (QED) is 0.870. The molecular weight excluding hydrogens is 298 g/mol. The van der Waals surface area contributed by atoms with E-state index in [-0.39, 0.29) is 11.6 Å². The maximum atomic E-state index is 13.2. The third kappa shape index (κ3) is 3.12. The molecule has 0 saturated heterocycles. The number of sulfone groups is 1. The zero-order valence-corrected chi connectivity index (χ0v) is 11.9. The summed E-state index contributed by atoms with van der Waals surface area (Å²) in [6.45, 7) is 3.27. The van der Waals surface area contributed by atoms with Gasteiger partial charge in [-0.25, -0.2) is 12.8 Å². The Kier molecular flexibility index (Phi) is 4.81. The second-order valence-corrected chi connectivity index (χ2v) is 6.41. The Morgan fingerprint density at radius 2 is 1.75 bits per heavy atom. The molecule has 0 amide bonds. The lowest BCUT2D eigenvalue weighted by Crippen LogP contribution is -2.30. The maximum absolute atomic E-state index is 13.2. The molecule has 0 aromatic heterocycles. The van der Waals surface area contributed by atoms with Crippen LogP contribution in [0.25, 0.3) is 0 Å². The van der Waals surface area contributed by atoms with E-state index in [0.29, 0.717) is 6.07 Å². The van der Waals surface area contributed by atoms with Crippen LogP contribution in [0.3, 0.4) is 0 Å². The molecule has 0 radical (unpaired) electrons. The van der Waals surface area contributed by atoms with Crippen LogP contribution in [0.2, 0.25) is 0 Å². The molecule has 0 fully saturated rings. The second kappa shape index (κ2) is 5.69. The Balaban J connectivity index is 3.51. The summed E-state index contributed by atoms with van der Waals surface area (Å²) in [6.07, 6.45) is 0. The summed E-state index contributed by atoms with van der Waals surface area (Å²) < 4.78 is 74.2. The third-order valence-electron chi connectivity index (χ3n) is 3.27. The van der Waals surface area contributed by atoms with Crippen LogP contribution < -0.4 is 5.32 Å². The minimum absolute atomic E-state index is 0.0643. The topological polar surface area (TPSA) is 46.2 Å². The lowest BCUT2D eigenvalue weighted by atomic mass is 9.94. The predicted molar refractivity (Wildman–Crippen MR) is 66.6 cm³/mol. The second-order valence-electron chi connectivity index (χ2n) is 4.50. The number of hydrogen-bond donors (Lipinski definition) is 1. The molecule has 20 heavy (non-hydrogen) atoms. The highest BCUT2D eigenvalue weighted by Crippen LogP contribution is 2.35. The first-order chi connectivity index (χ1) is 9.02. The van der Waals surface area contributed by atoms with Crippen molar-refractivity contribution in [3.05, 3.63) is 29.6 Å². The molecule has 8 heteroatoms. The van der Waals surface area contributed by atoms with Gasteiger partial charge in [0.05, 0.1) is 4.90 Å². The molecule has 0 aliphatic heterocycles. The largest absolute Gasteiger partial charge is 0.501 e. The monoisotopic (exact) mass is 313 g/mol. The fourth-order valence-electron chi connectivity index (χ4n) is 1.76. The van der Waals surface area contributed by atoms with E-state index >= 15 is 0 Å². The van der Waals surface area contributed by atoms with Crippen molar-refractivity contribution in [3.8, 4) is 0 Å². The fraction of sp³-hybridized carbons (Fsp3) is 0.500. The van der Waals surface area contributed by atoms with Crippen molar-refractivity contribution in [2.45, 2.75) is 36.2 Å². The summed E-state index contributed by atoms with van der Waals surface area (Å²) in [5.41, 5.74) is -5.52. The lowest BCUT2D eigenvalue weighted by Gasteiger charge is -2.22. The van der Waals surface area contributed by atoms with Crippen molar-refractivity contribution >= 4 is 9.84 Å². The van der Waals surface area contributed by atoms with Crippen molar-refractivity contribution < 1.29 is 26.0 Å². The van der Waals surface area contributed by atoms with Gasteiger partial charge in [0.2, 0.25) is 0 Å². The fourth-order valence-corrected chi connectivity index (χ4v) is 2.84. The zero-order valence-electron chi connectivity index (χ0n) is 11.1. The molecule has 1 aromatic rings. The van der Waals surface area contributed by atoms with Crippen molar-refractivity contribution in [1.29, 1.82) is 0 Å². The van der Waals surface area contributed by atoms with Crippen molar-refractivity contribution in [3.63, 3.8) is 0 Å². The highest BCUT2D eigenvalue weighted by Gasteiger charge is 2.48. The molecule has 1 rings (SSSR count). The molecule has 0 bridgehead atoms. The van der Waals surface area contributed by atoms with E-state index in [0.717, 1.165) is 12.1 Å². The van der Waals surface area contributed by atoms with Crippen LogP contribution in [-0.2, 0) is 9.84 Å². The number of likely N-dealkylation sites (N-methyl/N-ethyl adjacent to an activating group) is 1. The standard InChI is InChI=1S/C12H15F4NO2S/c1-7(8(2)17-3)10-5-4-9(13)6-11(10)20(18,19)12(14,15)16/h4-8,17H,1-3H3. The Morgan fingerprint density at radius 1 is 1.20 bits per heavy atom. The highest BCUT2D eigenvalue weighted by atomic mass is 32.2. The number of alkyl halides is 3. The summed E-state index contributed by atoms with van der Waals surface area (Å²) in [5, 5.41) is 2.83. The number of rotatable bonds is 4. The van der Waals surface area contributed by atoms with E-state index in [1.165, 1.54) is 0 Å². The van der Waals surface area contributed by atoms with Gasteiger partial charge in [-0.2, -0.15) is 13.2 Å². The molecule has 1 N–H and O–H groups in total. The number of benzene rings is 1. The molecule has 0 aliphatic carbocycles. The Hall–Kier alpha value is -1.15. The van der Waals surface area contributed by atoms with Gasteiger partial charge in [-0.15, -0.1) is 0 Å². The first kappa shape index (κ1) is 16.9. The molecule has 0 saturated carbocycles. The highest BCUT2D eigenvalue weighted by molar-refractivity contribution is 7.92. The normalized spacial score (nSPS) is 15.9. The van der Waals surface area contributed by atoms with Gasteiger partial charge >= 0.3 is 5.51 Å². The zero-order chi connectivity index (χ0) is 15.7. The van der Waals surface area contributed by atoms with E-state index in [1.807, 2.05) is 0 Å². The van der Waals surface area contributed by atoms with Crippen molar-refractivity contribution in [1.82, 2.24) is 5.32 Å². The van der Waals surface area contributed by atoms with Crippen LogP contribution in [-0.4, -0.2) is 27.0 Å². The van der Waals surface area contributed by atoms with E-state index < -0.39 is 32.0 Å². The van der Waals surface area contributed by atoms with Gasteiger partial charge in [-0.3, -0.25) is 0 Å². The van der Waals surface area contributed by atoms with E-state index in [1.54, 1.807) is 20.9 Å². The van der Waals surface area contributed by atoms with Gasteiger partial charge in [0.1, 0.15) is 5.82 Å². The van der Waals surface area contributed by atoms with Crippen molar-refractivity contribution in [2.75, 3.05) is 7.05 Å². The summed E-state index contributed by atoms with van der Waals surface area (Å²) in [5.74, 6) is -1.56. The van der Waals surface area contributed by atoms with E-state index in [9.17, 15) is 26.0 Å². The molecular formula is C12H15F4NO2S. The summed E-state index contributed by atoms with van der Waals surface area (Å²) >= 11 is 0. The van der Waals surface area contributed by atoms with Gasteiger partial charge < -0.3 is 5.32 Å². The number of nitrogens with one attached hydrogen (secondary N) is 1. The van der Waals surface area contributed by atoms with Crippen LogP contribution in [0.4, 0.5) is 17.6 Å². The van der Waals surface area contributed by atoms with Crippen LogP contribution in [0.1, 0.15) is 25.3 Å². The Labute approximate surface area is 114 Å². The van der Waals surface area contributed by atoms with Crippen LogP contribution in [0.15, 0.2) is 23.1 Å². The number of hydrogen-bond acceptors (Lipinski definition) is 3. The van der Waals surface area contributed by atoms with Gasteiger partial charge in [0.25, 0.3) is 9.84 Å².